The minimum absolute atomic E-state index is 0.302. The van der Waals surface area contributed by atoms with Crippen LogP contribution in [0.4, 0.5) is 27.6 Å². The van der Waals surface area contributed by atoms with Crippen LogP contribution in [0, 0.1) is 11.6 Å². The Hall–Kier alpha value is -2.64. The maximum absolute atomic E-state index is 13.4. The summed E-state index contributed by atoms with van der Waals surface area (Å²) in [5.74, 6) is -3.23. The number of ether oxygens (including phenoxy) is 1. The van der Waals surface area contributed by atoms with Crippen molar-refractivity contribution < 1.29 is 31.5 Å². The third-order valence-electron chi connectivity index (χ3n) is 2.76. The first-order chi connectivity index (χ1) is 10.8. The van der Waals surface area contributed by atoms with Crippen LogP contribution in [0.5, 0.6) is 5.75 Å². The molecule has 0 radical (unpaired) electrons. The molecule has 2 rings (SSSR count). The molecule has 0 heterocycles. The van der Waals surface area contributed by atoms with Gasteiger partial charge in [-0.05, 0) is 24.3 Å². The minimum Gasteiger partial charge on any atom is -0.483 e. The van der Waals surface area contributed by atoms with Gasteiger partial charge in [0.1, 0.15) is 17.4 Å². The molecule has 0 atom stereocenters. The highest BCUT2D eigenvalue weighted by molar-refractivity contribution is 5.92. The molecule has 0 fully saturated rings. The molecular weight excluding hydrogens is 321 g/mol. The summed E-state index contributed by atoms with van der Waals surface area (Å²) >= 11 is 0. The Morgan fingerprint density at radius 3 is 2.43 bits per heavy atom. The molecule has 0 spiro atoms. The fourth-order valence-electron chi connectivity index (χ4n) is 1.75. The third kappa shape index (κ3) is 4.41. The average Bonchev–Trinajstić information content (AvgIpc) is 2.47. The molecule has 2 aromatic rings. The second-order valence-electron chi connectivity index (χ2n) is 4.45. The van der Waals surface area contributed by atoms with Crippen molar-refractivity contribution in [1.29, 1.82) is 0 Å². The van der Waals surface area contributed by atoms with Gasteiger partial charge < -0.3 is 10.1 Å². The van der Waals surface area contributed by atoms with Crippen molar-refractivity contribution in [3.8, 4) is 5.75 Å². The summed E-state index contributed by atoms with van der Waals surface area (Å²) in [6.45, 7) is -0.760. The van der Waals surface area contributed by atoms with E-state index in [2.05, 4.69) is 5.32 Å². The monoisotopic (exact) mass is 331 g/mol. The lowest BCUT2D eigenvalue weighted by Crippen LogP contribution is -2.22. The molecule has 0 aromatic heterocycles. The Balaban J connectivity index is 2.03. The zero-order chi connectivity index (χ0) is 17.0. The first-order valence-electron chi connectivity index (χ1n) is 6.31. The highest BCUT2D eigenvalue weighted by atomic mass is 19.4. The Labute approximate surface area is 127 Å². The highest BCUT2D eigenvalue weighted by Gasteiger charge is 2.34. The van der Waals surface area contributed by atoms with Crippen molar-refractivity contribution in [2.75, 3.05) is 11.9 Å². The molecule has 0 bridgehead atoms. The first kappa shape index (κ1) is 16.7. The van der Waals surface area contributed by atoms with Crippen LogP contribution in [0.2, 0.25) is 0 Å². The average molecular weight is 331 g/mol. The van der Waals surface area contributed by atoms with Crippen molar-refractivity contribution in [3.05, 3.63) is 59.7 Å². The number of carbonyl (C=O) groups is 1. The van der Waals surface area contributed by atoms with E-state index in [1.165, 1.54) is 12.1 Å². The van der Waals surface area contributed by atoms with E-state index in [4.69, 9.17) is 4.74 Å². The Bertz CT molecular complexity index is 715. The van der Waals surface area contributed by atoms with E-state index in [9.17, 15) is 26.7 Å². The van der Waals surface area contributed by atoms with Crippen LogP contribution in [0.15, 0.2) is 42.5 Å². The van der Waals surface area contributed by atoms with E-state index in [0.29, 0.717) is 6.07 Å². The number of amides is 1. The second kappa shape index (κ2) is 6.64. The lowest BCUT2D eigenvalue weighted by atomic mass is 10.2. The molecule has 0 aliphatic rings. The topological polar surface area (TPSA) is 38.3 Å². The SMILES string of the molecule is O=C(COc1ccccc1C(F)(F)F)Nc1ccc(F)cc1F. The molecule has 0 saturated carbocycles. The number of carbonyl (C=O) groups excluding carboxylic acids is 1. The Morgan fingerprint density at radius 1 is 1.09 bits per heavy atom. The predicted octanol–water partition coefficient (Wildman–Crippen LogP) is 4.00. The number of hydrogen-bond donors (Lipinski definition) is 1. The molecule has 0 unspecified atom stereocenters. The van der Waals surface area contributed by atoms with Gasteiger partial charge in [0, 0.05) is 6.07 Å². The molecule has 1 N–H and O–H groups in total. The van der Waals surface area contributed by atoms with E-state index in [-0.39, 0.29) is 5.69 Å². The van der Waals surface area contributed by atoms with Gasteiger partial charge >= 0.3 is 6.18 Å². The predicted molar refractivity (Wildman–Crippen MR) is 71.9 cm³/mol. The molecule has 0 saturated heterocycles. The standard InChI is InChI=1S/C15H10F5NO2/c16-9-5-6-12(11(17)7-9)21-14(22)8-23-13-4-2-1-3-10(13)15(18,19)20/h1-7H,8H2,(H,21,22). The van der Waals surface area contributed by atoms with Gasteiger partial charge in [-0.1, -0.05) is 12.1 Å². The minimum atomic E-state index is -4.63. The fraction of sp³-hybridized carbons (Fsp3) is 0.133. The molecule has 0 aliphatic heterocycles. The van der Waals surface area contributed by atoms with Gasteiger partial charge in [-0.3, -0.25) is 4.79 Å². The summed E-state index contributed by atoms with van der Waals surface area (Å²) in [5.41, 5.74) is -1.33. The van der Waals surface area contributed by atoms with Crippen LogP contribution >= 0.6 is 0 Å². The van der Waals surface area contributed by atoms with Crippen LogP contribution in [0.25, 0.3) is 0 Å². The lowest BCUT2D eigenvalue weighted by Gasteiger charge is -2.13. The number of rotatable bonds is 4. The van der Waals surface area contributed by atoms with E-state index in [0.717, 1.165) is 24.3 Å². The summed E-state index contributed by atoms with van der Waals surface area (Å²) in [6.07, 6.45) is -4.63. The van der Waals surface area contributed by atoms with Gasteiger partial charge in [-0.25, -0.2) is 8.78 Å². The van der Waals surface area contributed by atoms with Crippen molar-refractivity contribution in [3.63, 3.8) is 0 Å². The van der Waals surface area contributed by atoms with Crippen molar-refractivity contribution in [2.24, 2.45) is 0 Å². The van der Waals surface area contributed by atoms with E-state index in [1.807, 2.05) is 0 Å². The summed E-state index contributed by atoms with van der Waals surface area (Å²) in [4.78, 5) is 11.6. The van der Waals surface area contributed by atoms with E-state index in [1.54, 1.807) is 0 Å². The Morgan fingerprint density at radius 2 is 1.78 bits per heavy atom. The number of nitrogens with one attached hydrogen (secondary N) is 1. The number of hydrogen-bond acceptors (Lipinski definition) is 2. The number of para-hydroxylation sites is 1. The van der Waals surface area contributed by atoms with E-state index < -0.39 is 41.6 Å². The fourth-order valence-corrected chi connectivity index (χ4v) is 1.75. The van der Waals surface area contributed by atoms with Crippen LogP contribution in [0.3, 0.4) is 0 Å². The summed E-state index contributed by atoms with van der Waals surface area (Å²) in [7, 11) is 0. The van der Waals surface area contributed by atoms with Gasteiger partial charge in [0.2, 0.25) is 0 Å². The molecule has 3 nitrogen and oxygen atoms in total. The molecule has 23 heavy (non-hydrogen) atoms. The lowest BCUT2D eigenvalue weighted by molar-refractivity contribution is -0.139. The molecule has 2 aromatic carbocycles. The van der Waals surface area contributed by atoms with E-state index >= 15 is 0 Å². The van der Waals surface area contributed by atoms with Crippen LogP contribution < -0.4 is 10.1 Å². The first-order valence-corrected chi connectivity index (χ1v) is 6.31. The smallest absolute Gasteiger partial charge is 0.419 e. The van der Waals surface area contributed by atoms with Gasteiger partial charge in [0.25, 0.3) is 5.91 Å². The molecule has 8 heteroatoms. The maximum Gasteiger partial charge on any atom is 0.419 e. The molecule has 122 valence electrons. The van der Waals surface area contributed by atoms with Gasteiger partial charge in [-0.15, -0.1) is 0 Å². The van der Waals surface area contributed by atoms with Crippen LogP contribution in [-0.4, -0.2) is 12.5 Å². The molecule has 0 aliphatic carbocycles. The zero-order valence-corrected chi connectivity index (χ0v) is 11.5. The van der Waals surface area contributed by atoms with Crippen molar-refractivity contribution in [1.82, 2.24) is 0 Å². The third-order valence-corrected chi connectivity index (χ3v) is 2.76. The number of anilines is 1. The molecular formula is C15H10F5NO2. The zero-order valence-electron chi connectivity index (χ0n) is 11.5. The van der Waals surface area contributed by atoms with Gasteiger partial charge in [0.15, 0.2) is 6.61 Å². The number of halogens is 5. The van der Waals surface area contributed by atoms with Crippen LogP contribution in [0.1, 0.15) is 5.56 Å². The van der Waals surface area contributed by atoms with Crippen molar-refractivity contribution in [2.45, 2.75) is 6.18 Å². The maximum atomic E-state index is 13.4. The van der Waals surface area contributed by atoms with Crippen molar-refractivity contribution >= 4 is 11.6 Å². The molecule has 1 amide bonds. The Kier molecular flexibility index (Phi) is 4.83. The summed E-state index contributed by atoms with van der Waals surface area (Å²) < 4.78 is 69.1. The number of benzene rings is 2. The second-order valence-corrected chi connectivity index (χ2v) is 4.45. The highest BCUT2D eigenvalue weighted by Crippen LogP contribution is 2.35. The van der Waals surface area contributed by atoms with Crippen LogP contribution in [-0.2, 0) is 11.0 Å². The summed E-state index contributed by atoms with van der Waals surface area (Å²) in [5, 5.41) is 2.08. The van der Waals surface area contributed by atoms with Gasteiger partial charge in [0.05, 0.1) is 11.3 Å². The largest absolute Gasteiger partial charge is 0.483 e. The van der Waals surface area contributed by atoms with Gasteiger partial charge in [-0.2, -0.15) is 13.2 Å². The quantitative estimate of drug-likeness (QED) is 0.860. The number of alkyl halides is 3. The summed E-state index contributed by atoms with van der Waals surface area (Å²) in [6, 6.07) is 6.87. The normalized spacial score (nSPS) is 11.2.